The maximum atomic E-state index is 12.4. The molecule has 1 amide bonds. The number of nitrogens with zero attached hydrogens (tertiary/aromatic N) is 2. The van der Waals surface area contributed by atoms with Crippen molar-refractivity contribution in [3.63, 3.8) is 0 Å². The van der Waals surface area contributed by atoms with E-state index in [1.807, 2.05) is 68.4 Å². The van der Waals surface area contributed by atoms with E-state index >= 15 is 0 Å². The molecule has 0 unspecified atom stereocenters. The van der Waals surface area contributed by atoms with E-state index in [-0.39, 0.29) is 5.91 Å². The van der Waals surface area contributed by atoms with Crippen molar-refractivity contribution in [2.75, 3.05) is 24.3 Å². The fourth-order valence-electron chi connectivity index (χ4n) is 2.25. The molecule has 0 aliphatic carbocycles. The number of aromatic nitrogens is 1. The lowest BCUT2D eigenvalue weighted by molar-refractivity contribution is 0.102. The Morgan fingerprint density at radius 2 is 2.00 bits per heavy atom. The number of hydrogen-bond donors (Lipinski definition) is 1. The van der Waals surface area contributed by atoms with Crippen LogP contribution in [0.3, 0.4) is 0 Å². The Hall–Kier alpha value is -2.40. The van der Waals surface area contributed by atoms with Gasteiger partial charge in [-0.1, -0.05) is 6.07 Å². The van der Waals surface area contributed by atoms with Crippen LogP contribution >= 0.6 is 11.3 Å². The summed E-state index contributed by atoms with van der Waals surface area (Å²) in [5.74, 6) is -0.116. The van der Waals surface area contributed by atoms with E-state index in [2.05, 4.69) is 10.3 Å². The van der Waals surface area contributed by atoms with Crippen LogP contribution in [0, 0.1) is 6.92 Å². The minimum absolute atomic E-state index is 0.116. The average molecular weight is 311 g/mol. The summed E-state index contributed by atoms with van der Waals surface area (Å²) in [5, 5.41) is 3.96. The molecule has 0 saturated heterocycles. The van der Waals surface area contributed by atoms with Gasteiger partial charge in [-0.15, -0.1) is 11.3 Å². The maximum absolute atomic E-state index is 12.4. The van der Waals surface area contributed by atoms with Crippen molar-refractivity contribution in [3.8, 4) is 0 Å². The van der Waals surface area contributed by atoms with Crippen LogP contribution < -0.4 is 10.2 Å². The van der Waals surface area contributed by atoms with Gasteiger partial charge in [0.05, 0.1) is 15.2 Å². The number of thiazole rings is 1. The van der Waals surface area contributed by atoms with E-state index in [9.17, 15) is 4.79 Å². The zero-order chi connectivity index (χ0) is 15.7. The second-order valence-electron chi connectivity index (χ2n) is 5.31. The van der Waals surface area contributed by atoms with E-state index in [1.54, 1.807) is 11.3 Å². The molecule has 0 fully saturated rings. The van der Waals surface area contributed by atoms with Crippen LogP contribution in [0.25, 0.3) is 10.2 Å². The smallest absolute Gasteiger partial charge is 0.255 e. The predicted octanol–water partition coefficient (Wildman–Crippen LogP) is 3.92. The SMILES string of the molecule is Cc1nc2cc(NC(=O)c3cccc(N(C)C)c3)ccc2s1. The van der Waals surface area contributed by atoms with Gasteiger partial charge in [0.15, 0.2) is 0 Å². The predicted molar refractivity (Wildman–Crippen MR) is 93.1 cm³/mol. The zero-order valence-electron chi connectivity index (χ0n) is 12.8. The third kappa shape index (κ3) is 2.94. The number of nitrogens with one attached hydrogen (secondary N) is 1. The molecule has 22 heavy (non-hydrogen) atoms. The summed E-state index contributed by atoms with van der Waals surface area (Å²) in [7, 11) is 3.91. The van der Waals surface area contributed by atoms with E-state index in [4.69, 9.17) is 0 Å². The number of carbonyl (C=O) groups excluding carboxylic acids is 1. The molecule has 2 aromatic carbocycles. The summed E-state index contributed by atoms with van der Waals surface area (Å²) in [4.78, 5) is 18.8. The standard InChI is InChI=1S/C17H17N3OS/c1-11-18-15-10-13(7-8-16(15)22-11)19-17(21)12-5-4-6-14(9-12)20(2)3/h4-10H,1-3H3,(H,19,21). The second kappa shape index (κ2) is 5.77. The third-order valence-corrected chi connectivity index (χ3v) is 4.33. The number of aryl methyl sites for hydroxylation is 1. The number of rotatable bonds is 3. The van der Waals surface area contributed by atoms with E-state index in [0.717, 1.165) is 26.6 Å². The molecule has 0 saturated carbocycles. The highest BCUT2D eigenvalue weighted by molar-refractivity contribution is 7.18. The molecule has 5 heteroatoms. The van der Waals surface area contributed by atoms with Gasteiger partial charge in [0.1, 0.15) is 0 Å². The van der Waals surface area contributed by atoms with Gasteiger partial charge in [-0.05, 0) is 43.3 Å². The van der Waals surface area contributed by atoms with Crippen LogP contribution in [0.15, 0.2) is 42.5 Å². The summed E-state index contributed by atoms with van der Waals surface area (Å²) < 4.78 is 1.13. The quantitative estimate of drug-likeness (QED) is 0.797. The Bertz CT molecular complexity index is 839. The Morgan fingerprint density at radius 3 is 2.77 bits per heavy atom. The van der Waals surface area contributed by atoms with Crippen LogP contribution in [0.5, 0.6) is 0 Å². The highest BCUT2D eigenvalue weighted by Crippen LogP contribution is 2.25. The Kier molecular flexibility index (Phi) is 3.81. The van der Waals surface area contributed by atoms with Crippen LogP contribution in [-0.4, -0.2) is 25.0 Å². The van der Waals surface area contributed by atoms with Crippen molar-refractivity contribution < 1.29 is 4.79 Å². The lowest BCUT2D eigenvalue weighted by Crippen LogP contribution is -2.14. The number of benzene rings is 2. The minimum atomic E-state index is -0.116. The third-order valence-electron chi connectivity index (χ3n) is 3.38. The van der Waals surface area contributed by atoms with Gasteiger partial charge in [0, 0.05) is 31.0 Å². The first-order chi connectivity index (χ1) is 10.5. The highest BCUT2D eigenvalue weighted by atomic mass is 32.1. The lowest BCUT2D eigenvalue weighted by Gasteiger charge is -2.13. The summed E-state index contributed by atoms with van der Waals surface area (Å²) in [6.45, 7) is 1.98. The molecule has 112 valence electrons. The van der Waals surface area contributed by atoms with Gasteiger partial charge < -0.3 is 10.2 Å². The van der Waals surface area contributed by atoms with Crippen LogP contribution in [0.2, 0.25) is 0 Å². The Labute approximate surface area is 133 Å². The van der Waals surface area contributed by atoms with Crippen molar-refractivity contribution in [2.24, 2.45) is 0 Å². The molecule has 0 atom stereocenters. The fraction of sp³-hybridized carbons (Fsp3) is 0.176. The van der Waals surface area contributed by atoms with Crippen molar-refractivity contribution in [1.29, 1.82) is 0 Å². The number of amides is 1. The molecule has 0 bridgehead atoms. The minimum Gasteiger partial charge on any atom is -0.378 e. The molecule has 0 aliphatic rings. The number of hydrogen-bond acceptors (Lipinski definition) is 4. The summed E-state index contributed by atoms with van der Waals surface area (Å²) in [6.07, 6.45) is 0. The van der Waals surface area contributed by atoms with Gasteiger partial charge in [-0.2, -0.15) is 0 Å². The molecule has 1 N–H and O–H groups in total. The molecule has 1 heterocycles. The summed E-state index contributed by atoms with van der Waals surface area (Å²) in [6, 6.07) is 13.4. The lowest BCUT2D eigenvalue weighted by atomic mass is 10.1. The molecular formula is C17H17N3OS. The first-order valence-electron chi connectivity index (χ1n) is 6.99. The van der Waals surface area contributed by atoms with Gasteiger partial charge in [-0.25, -0.2) is 4.98 Å². The Morgan fingerprint density at radius 1 is 1.18 bits per heavy atom. The van der Waals surface area contributed by atoms with Gasteiger partial charge in [0.2, 0.25) is 0 Å². The normalized spacial score (nSPS) is 10.7. The molecule has 0 aliphatic heterocycles. The topological polar surface area (TPSA) is 45.2 Å². The average Bonchev–Trinajstić information content (AvgIpc) is 2.86. The van der Waals surface area contributed by atoms with Crippen molar-refractivity contribution in [3.05, 3.63) is 53.0 Å². The van der Waals surface area contributed by atoms with Gasteiger partial charge in [-0.3, -0.25) is 4.79 Å². The van der Waals surface area contributed by atoms with Crippen molar-refractivity contribution >= 4 is 38.8 Å². The second-order valence-corrected chi connectivity index (χ2v) is 6.55. The van der Waals surface area contributed by atoms with E-state index < -0.39 is 0 Å². The first kappa shape index (κ1) is 14.5. The van der Waals surface area contributed by atoms with Crippen molar-refractivity contribution in [1.82, 2.24) is 4.98 Å². The first-order valence-corrected chi connectivity index (χ1v) is 7.80. The number of anilines is 2. The van der Waals surface area contributed by atoms with Crippen molar-refractivity contribution in [2.45, 2.75) is 6.92 Å². The van der Waals surface area contributed by atoms with Gasteiger partial charge >= 0.3 is 0 Å². The Balaban J connectivity index is 1.84. The fourth-order valence-corrected chi connectivity index (χ4v) is 3.06. The molecular weight excluding hydrogens is 294 g/mol. The van der Waals surface area contributed by atoms with E-state index in [1.165, 1.54) is 0 Å². The number of carbonyl (C=O) groups is 1. The molecule has 3 rings (SSSR count). The van der Waals surface area contributed by atoms with Crippen LogP contribution in [0.4, 0.5) is 11.4 Å². The molecule has 0 radical (unpaired) electrons. The van der Waals surface area contributed by atoms with Gasteiger partial charge in [0.25, 0.3) is 5.91 Å². The highest BCUT2D eigenvalue weighted by Gasteiger charge is 2.09. The van der Waals surface area contributed by atoms with Crippen LogP contribution in [0.1, 0.15) is 15.4 Å². The summed E-state index contributed by atoms with van der Waals surface area (Å²) in [5.41, 5.74) is 3.32. The zero-order valence-corrected chi connectivity index (χ0v) is 13.6. The number of fused-ring (bicyclic) bond motifs is 1. The molecule has 4 nitrogen and oxygen atoms in total. The molecule has 0 spiro atoms. The molecule has 1 aromatic heterocycles. The maximum Gasteiger partial charge on any atom is 0.255 e. The monoisotopic (exact) mass is 311 g/mol. The molecule has 3 aromatic rings. The van der Waals surface area contributed by atoms with Crippen LogP contribution in [-0.2, 0) is 0 Å². The van der Waals surface area contributed by atoms with E-state index in [0.29, 0.717) is 5.56 Å². The largest absolute Gasteiger partial charge is 0.378 e. The summed E-state index contributed by atoms with van der Waals surface area (Å²) >= 11 is 1.65.